The lowest BCUT2D eigenvalue weighted by Gasteiger charge is -2.02. The molecule has 3 aromatic carbocycles. The van der Waals surface area contributed by atoms with Crippen molar-refractivity contribution in [1.82, 2.24) is 4.98 Å². The maximum atomic E-state index is 12.6. The lowest BCUT2D eigenvalue weighted by atomic mass is 10.0. The van der Waals surface area contributed by atoms with Crippen LogP contribution in [0.1, 0.15) is 15.9 Å². The molecule has 0 aliphatic rings. The minimum atomic E-state index is -0.0123. The summed E-state index contributed by atoms with van der Waals surface area (Å²) >= 11 is 0. The molecule has 0 bridgehead atoms. The molecule has 0 saturated heterocycles. The van der Waals surface area contributed by atoms with E-state index in [9.17, 15) is 4.79 Å². The monoisotopic (exact) mass is 309 g/mol. The van der Waals surface area contributed by atoms with E-state index >= 15 is 0 Å². The predicted octanol–water partition coefficient (Wildman–Crippen LogP) is 5.28. The fraction of sp³-hybridized carbons (Fsp3) is 0. The summed E-state index contributed by atoms with van der Waals surface area (Å²) in [5, 5.41) is 3.25. The van der Waals surface area contributed by atoms with Crippen molar-refractivity contribution >= 4 is 33.5 Å². The molecular formula is C22H15NO. The Kier molecular flexibility index (Phi) is 3.64. The highest BCUT2D eigenvalue weighted by Crippen LogP contribution is 2.19. The number of carbonyl (C=O) groups is 1. The average molecular weight is 309 g/mol. The van der Waals surface area contributed by atoms with Gasteiger partial charge in [-0.25, -0.2) is 0 Å². The molecule has 0 N–H and O–H groups in total. The molecule has 1 aromatic heterocycles. The number of fused-ring (bicyclic) bond motifs is 2. The molecule has 0 aliphatic carbocycles. The second kappa shape index (κ2) is 6.09. The molecule has 0 amide bonds. The summed E-state index contributed by atoms with van der Waals surface area (Å²) in [7, 11) is 0. The third-order valence-corrected chi connectivity index (χ3v) is 4.11. The second-order valence-electron chi connectivity index (χ2n) is 5.68. The Bertz CT molecular complexity index is 1070. The van der Waals surface area contributed by atoms with Crippen molar-refractivity contribution in [3.8, 4) is 0 Å². The van der Waals surface area contributed by atoms with E-state index in [-0.39, 0.29) is 5.78 Å². The van der Waals surface area contributed by atoms with Gasteiger partial charge in [-0.05, 0) is 40.6 Å². The lowest BCUT2D eigenvalue weighted by molar-refractivity contribution is 0.104. The number of pyridine rings is 1. The minimum Gasteiger partial charge on any atom is -0.289 e. The molecule has 4 aromatic rings. The maximum absolute atomic E-state index is 12.6. The quantitative estimate of drug-likeness (QED) is 0.380. The van der Waals surface area contributed by atoms with Crippen LogP contribution < -0.4 is 0 Å². The van der Waals surface area contributed by atoms with Gasteiger partial charge in [0, 0.05) is 17.1 Å². The number of allylic oxidation sites excluding steroid dienone is 1. The van der Waals surface area contributed by atoms with Crippen molar-refractivity contribution in [1.29, 1.82) is 0 Å². The van der Waals surface area contributed by atoms with Gasteiger partial charge in [0.15, 0.2) is 5.78 Å². The molecule has 0 atom stereocenters. The summed E-state index contributed by atoms with van der Waals surface area (Å²) in [4.78, 5) is 16.9. The van der Waals surface area contributed by atoms with E-state index in [4.69, 9.17) is 0 Å². The Balaban J connectivity index is 1.68. The van der Waals surface area contributed by atoms with Gasteiger partial charge < -0.3 is 0 Å². The summed E-state index contributed by atoms with van der Waals surface area (Å²) < 4.78 is 0. The highest BCUT2D eigenvalue weighted by Gasteiger charge is 2.07. The van der Waals surface area contributed by atoms with Gasteiger partial charge in [0.05, 0.1) is 5.52 Å². The van der Waals surface area contributed by atoms with E-state index < -0.39 is 0 Å². The van der Waals surface area contributed by atoms with Crippen LogP contribution >= 0.6 is 0 Å². The van der Waals surface area contributed by atoms with Crippen molar-refractivity contribution in [2.24, 2.45) is 0 Å². The van der Waals surface area contributed by atoms with Gasteiger partial charge in [-0.15, -0.1) is 0 Å². The van der Waals surface area contributed by atoms with Crippen LogP contribution in [0.25, 0.3) is 27.8 Å². The van der Waals surface area contributed by atoms with Gasteiger partial charge in [0.1, 0.15) is 0 Å². The highest BCUT2D eigenvalue weighted by atomic mass is 16.1. The molecule has 0 saturated carbocycles. The Hall–Kier alpha value is -3.26. The molecule has 4 rings (SSSR count). The van der Waals surface area contributed by atoms with E-state index in [1.807, 2.05) is 54.6 Å². The van der Waals surface area contributed by atoms with Crippen LogP contribution in [-0.4, -0.2) is 10.8 Å². The first-order valence-corrected chi connectivity index (χ1v) is 7.86. The van der Waals surface area contributed by atoms with Crippen LogP contribution in [0.3, 0.4) is 0 Å². The second-order valence-corrected chi connectivity index (χ2v) is 5.68. The zero-order valence-electron chi connectivity index (χ0n) is 13.0. The molecule has 1 heterocycles. The first-order chi connectivity index (χ1) is 11.8. The normalized spacial score (nSPS) is 11.3. The fourth-order valence-corrected chi connectivity index (χ4v) is 2.89. The van der Waals surface area contributed by atoms with E-state index in [2.05, 4.69) is 29.2 Å². The van der Waals surface area contributed by atoms with Crippen molar-refractivity contribution in [3.05, 3.63) is 96.2 Å². The molecule has 0 radical (unpaired) electrons. The van der Waals surface area contributed by atoms with E-state index in [0.29, 0.717) is 5.56 Å². The Morgan fingerprint density at radius 2 is 1.71 bits per heavy atom. The fourth-order valence-electron chi connectivity index (χ4n) is 2.89. The number of carbonyl (C=O) groups excluding carboxylic acids is 1. The van der Waals surface area contributed by atoms with Crippen LogP contribution in [-0.2, 0) is 0 Å². The van der Waals surface area contributed by atoms with Crippen LogP contribution in [0.15, 0.2) is 85.1 Å². The first kappa shape index (κ1) is 14.3. The number of hydrogen-bond donors (Lipinski definition) is 0. The Morgan fingerprint density at radius 1 is 0.833 bits per heavy atom. The SMILES string of the molecule is O=C(C=Cc1ccc2ccccc2c1)c1cccc2ncccc12. The van der Waals surface area contributed by atoms with Crippen LogP contribution in [0.2, 0.25) is 0 Å². The molecular weight excluding hydrogens is 294 g/mol. The molecule has 114 valence electrons. The molecule has 0 unspecified atom stereocenters. The topological polar surface area (TPSA) is 30.0 Å². The zero-order chi connectivity index (χ0) is 16.4. The molecule has 0 fully saturated rings. The van der Waals surface area contributed by atoms with E-state index in [1.165, 1.54) is 10.8 Å². The summed E-state index contributed by atoms with van der Waals surface area (Å²) in [5.74, 6) is -0.0123. The molecule has 0 aliphatic heterocycles. The molecule has 2 nitrogen and oxygen atoms in total. The minimum absolute atomic E-state index is 0.0123. The van der Waals surface area contributed by atoms with Crippen molar-refractivity contribution in [2.45, 2.75) is 0 Å². The summed E-state index contributed by atoms with van der Waals surface area (Å²) in [6.45, 7) is 0. The predicted molar refractivity (Wildman–Crippen MR) is 99.1 cm³/mol. The average Bonchev–Trinajstić information content (AvgIpc) is 2.65. The number of rotatable bonds is 3. The maximum Gasteiger partial charge on any atom is 0.186 e. The summed E-state index contributed by atoms with van der Waals surface area (Å²) in [5.41, 5.74) is 2.53. The van der Waals surface area contributed by atoms with Crippen molar-refractivity contribution in [2.75, 3.05) is 0 Å². The van der Waals surface area contributed by atoms with Crippen LogP contribution in [0.5, 0.6) is 0 Å². The molecule has 0 spiro atoms. The third kappa shape index (κ3) is 2.70. The number of ketones is 1. The highest BCUT2D eigenvalue weighted by molar-refractivity contribution is 6.14. The van der Waals surface area contributed by atoms with E-state index in [1.54, 1.807) is 12.3 Å². The number of nitrogens with zero attached hydrogens (tertiary/aromatic N) is 1. The smallest absolute Gasteiger partial charge is 0.186 e. The van der Waals surface area contributed by atoms with Gasteiger partial charge in [-0.3, -0.25) is 9.78 Å². The van der Waals surface area contributed by atoms with Crippen molar-refractivity contribution in [3.63, 3.8) is 0 Å². The van der Waals surface area contributed by atoms with E-state index in [0.717, 1.165) is 16.5 Å². The Labute approximate surface area is 140 Å². The van der Waals surface area contributed by atoms with Crippen molar-refractivity contribution < 1.29 is 4.79 Å². The summed E-state index contributed by atoms with van der Waals surface area (Å²) in [6.07, 6.45) is 5.23. The number of benzene rings is 3. The zero-order valence-corrected chi connectivity index (χ0v) is 13.0. The number of hydrogen-bond acceptors (Lipinski definition) is 2. The number of aromatic nitrogens is 1. The lowest BCUT2D eigenvalue weighted by Crippen LogP contribution is -1.96. The van der Waals surface area contributed by atoms with Gasteiger partial charge in [-0.2, -0.15) is 0 Å². The third-order valence-electron chi connectivity index (χ3n) is 4.11. The largest absolute Gasteiger partial charge is 0.289 e. The standard InChI is InChI=1S/C22H15NO/c24-22(20-7-3-9-21-19(20)8-4-14-23-21)13-11-16-10-12-17-5-1-2-6-18(17)15-16/h1-15H. The Morgan fingerprint density at radius 3 is 2.62 bits per heavy atom. The van der Waals surface area contributed by atoms with Gasteiger partial charge in [0.2, 0.25) is 0 Å². The van der Waals surface area contributed by atoms with Crippen LogP contribution in [0.4, 0.5) is 0 Å². The van der Waals surface area contributed by atoms with Gasteiger partial charge >= 0.3 is 0 Å². The molecule has 24 heavy (non-hydrogen) atoms. The first-order valence-electron chi connectivity index (χ1n) is 7.86. The van der Waals surface area contributed by atoms with Gasteiger partial charge in [0.25, 0.3) is 0 Å². The van der Waals surface area contributed by atoms with Gasteiger partial charge in [-0.1, -0.05) is 60.7 Å². The summed E-state index contributed by atoms with van der Waals surface area (Å²) in [6, 6.07) is 23.8. The molecule has 2 heteroatoms. The van der Waals surface area contributed by atoms with Crippen LogP contribution in [0, 0.1) is 0 Å².